The standard InChI is InChI=1S/C10H14ClNO2S2/c1-7(8-4-10(11)15-5-8)12-9-2-3-16(13,14)6-9/h4-5,7,9,12H,2-3,6H2,1H3. The van der Waals surface area contributed by atoms with Gasteiger partial charge in [0.1, 0.15) is 0 Å². The highest BCUT2D eigenvalue weighted by Gasteiger charge is 2.28. The molecule has 1 saturated heterocycles. The number of thiophene rings is 1. The van der Waals surface area contributed by atoms with Crippen molar-refractivity contribution in [1.29, 1.82) is 0 Å². The Morgan fingerprint density at radius 2 is 2.38 bits per heavy atom. The second kappa shape index (κ2) is 4.64. The van der Waals surface area contributed by atoms with Gasteiger partial charge < -0.3 is 5.32 Å². The zero-order valence-electron chi connectivity index (χ0n) is 8.94. The van der Waals surface area contributed by atoms with Crippen molar-refractivity contribution in [3.05, 3.63) is 21.3 Å². The van der Waals surface area contributed by atoms with Crippen LogP contribution in [0.15, 0.2) is 11.4 Å². The molecule has 1 aliphatic heterocycles. The van der Waals surface area contributed by atoms with Crippen LogP contribution < -0.4 is 5.32 Å². The van der Waals surface area contributed by atoms with Gasteiger partial charge in [0.25, 0.3) is 0 Å². The predicted octanol–water partition coefficient (Wildman–Crippen LogP) is 2.24. The highest BCUT2D eigenvalue weighted by Crippen LogP contribution is 2.25. The van der Waals surface area contributed by atoms with E-state index < -0.39 is 9.84 Å². The van der Waals surface area contributed by atoms with Crippen LogP contribution in [-0.2, 0) is 9.84 Å². The third-order valence-electron chi connectivity index (χ3n) is 2.81. The molecule has 0 spiro atoms. The number of hydrogen-bond acceptors (Lipinski definition) is 4. The lowest BCUT2D eigenvalue weighted by Crippen LogP contribution is -2.32. The molecule has 1 aliphatic rings. The molecule has 1 aromatic heterocycles. The number of halogens is 1. The predicted molar refractivity (Wildman–Crippen MR) is 67.9 cm³/mol. The molecule has 6 heteroatoms. The average Bonchev–Trinajstić information content (AvgIpc) is 2.73. The summed E-state index contributed by atoms with van der Waals surface area (Å²) in [6.07, 6.45) is 0.713. The molecule has 3 nitrogen and oxygen atoms in total. The van der Waals surface area contributed by atoms with Crippen LogP contribution >= 0.6 is 22.9 Å². The number of nitrogens with one attached hydrogen (secondary N) is 1. The smallest absolute Gasteiger partial charge is 0.151 e. The molecular formula is C10H14ClNO2S2. The van der Waals surface area contributed by atoms with Crippen molar-refractivity contribution in [3.8, 4) is 0 Å². The first-order chi connectivity index (χ1) is 7.46. The van der Waals surface area contributed by atoms with Gasteiger partial charge >= 0.3 is 0 Å². The van der Waals surface area contributed by atoms with Crippen molar-refractivity contribution in [2.24, 2.45) is 0 Å². The molecule has 1 aromatic rings. The van der Waals surface area contributed by atoms with Gasteiger partial charge in [0.15, 0.2) is 9.84 Å². The summed E-state index contributed by atoms with van der Waals surface area (Å²) in [4.78, 5) is 0. The lowest BCUT2D eigenvalue weighted by Gasteiger charge is -2.17. The highest BCUT2D eigenvalue weighted by atomic mass is 35.5. The van der Waals surface area contributed by atoms with E-state index in [-0.39, 0.29) is 17.8 Å². The third-order valence-corrected chi connectivity index (χ3v) is 5.68. The van der Waals surface area contributed by atoms with Gasteiger partial charge in [-0.25, -0.2) is 8.42 Å². The molecular weight excluding hydrogens is 266 g/mol. The normalized spacial score (nSPS) is 25.8. The van der Waals surface area contributed by atoms with Gasteiger partial charge in [-0.2, -0.15) is 0 Å². The van der Waals surface area contributed by atoms with Crippen molar-refractivity contribution < 1.29 is 8.42 Å². The Bertz CT molecular complexity index is 469. The molecule has 2 unspecified atom stereocenters. The lowest BCUT2D eigenvalue weighted by molar-refractivity contribution is 0.485. The summed E-state index contributed by atoms with van der Waals surface area (Å²) in [6.45, 7) is 2.03. The van der Waals surface area contributed by atoms with E-state index in [2.05, 4.69) is 5.32 Å². The van der Waals surface area contributed by atoms with Gasteiger partial charge in [0.05, 0.1) is 15.8 Å². The van der Waals surface area contributed by atoms with E-state index in [9.17, 15) is 8.42 Å². The largest absolute Gasteiger partial charge is 0.306 e. The Morgan fingerprint density at radius 1 is 1.62 bits per heavy atom. The van der Waals surface area contributed by atoms with E-state index in [0.29, 0.717) is 12.2 Å². The lowest BCUT2D eigenvalue weighted by atomic mass is 10.1. The van der Waals surface area contributed by atoms with Crippen LogP contribution in [0.5, 0.6) is 0 Å². The van der Waals surface area contributed by atoms with E-state index in [1.807, 2.05) is 18.4 Å². The first-order valence-corrected chi connectivity index (χ1v) is 8.24. The zero-order chi connectivity index (χ0) is 11.8. The maximum absolute atomic E-state index is 11.3. The summed E-state index contributed by atoms with van der Waals surface area (Å²) in [7, 11) is -2.80. The molecule has 1 fully saturated rings. The molecule has 16 heavy (non-hydrogen) atoms. The molecule has 0 radical (unpaired) electrons. The van der Waals surface area contributed by atoms with E-state index in [1.165, 1.54) is 11.3 Å². The fourth-order valence-corrected chi connectivity index (χ4v) is 4.60. The summed E-state index contributed by atoms with van der Waals surface area (Å²) in [5.41, 5.74) is 1.12. The highest BCUT2D eigenvalue weighted by molar-refractivity contribution is 7.91. The minimum absolute atomic E-state index is 0.0821. The van der Waals surface area contributed by atoms with Gasteiger partial charge in [0.2, 0.25) is 0 Å². The molecule has 90 valence electrons. The quantitative estimate of drug-likeness (QED) is 0.923. The third kappa shape index (κ3) is 2.97. The van der Waals surface area contributed by atoms with Crippen molar-refractivity contribution in [1.82, 2.24) is 5.32 Å². The summed E-state index contributed by atoms with van der Waals surface area (Å²) < 4.78 is 23.4. The van der Waals surface area contributed by atoms with Gasteiger partial charge in [-0.15, -0.1) is 11.3 Å². The van der Waals surface area contributed by atoms with Crippen molar-refractivity contribution in [3.63, 3.8) is 0 Å². The maximum Gasteiger partial charge on any atom is 0.151 e. The van der Waals surface area contributed by atoms with E-state index >= 15 is 0 Å². The van der Waals surface area contributed by atoms with Gasteiger partial charge in [-0.3, -0.25) is 0 Å². The molecule has 2 atom stereocenters. The minimum atomic E-state index is -2.80. The van der Waals surface area contributed by atoms with E-state index in [0.717, 1.165) is 9.90 Å². The van der Waals surface area contributed by atoms with Crippen LogP contribution in [0.4, 0.5) is 0 Å². The molecule has 2 heterocycles. The molecule has 2 rings (SSSR count). The molecule has 0 amide bonds. The van der Waals surface area contributed by atoms with Gasteiger partial charge in [-0.05, 0) is 30.4 Å². The first kappa shape index (κ1) is 12.4. The maximum atomic E-state index is 11.3. The Balaban J connectivity index is 1.96. The van der Waals surface area contributed by atoms with Crippen LogP contribution in [0.25, 0.3) is 0 Å². The van der Waals surface area contributed by atoms with Crippen molar-refractivity contribution in [2.45, 2.75) is 25.4 Å². The monoisotopic (exact) mass is 279 g/mol. The van der Waals surface area contributed by atoms with Crippen molar-refractivity contribution >= 4 is 32.8 Å². The Kier molecular flexibility index (Phi) is 3.59. The molecule has 0 saturated carbocycles. The summed E-state index contributed by atoms with van der Waals surface area (Å²) >= 11 is 7.36. The van der Waals surface area contributed by atoms with Gasteiger partial charge in [0, 0.05) is 12.1 Å². The molecule has 0 aromatic carbocycles. The SMILES string of the molecule is CC(NC1CCS(=O)(=O)C1)c1csc(Cl)c1. The second-order valence-electron chi connectivity index (χ2n) is 4.17. The fourth-order valence-electron chi connectivity index (χ4n) is 1.93. The van der Waals surface area contributed by atoms with E-state index in [1.54, 1.807) is 0 Å². The van der Waals surface area contributed by atoms with Crippen LogP contribution in [0.1, 0.15) is 24.9 Å². The van der Waals surface area contributed by atoms with Crippen LogP contribution in [0, 0.1) is 0 Å². The average molecular weight is 280 g/mol. The summed E-state index contributed by atoms with van der Waals surface area (Å²) in [5.74, 6) is 0.566. The summed E-state index contributed by atoms with van der Waals surface area (Å²) in [5, 5.41) is 5.34. The Labute approximate surface area is 105 Å². The molecule has 0 aliphatic carbocycles. The minimum Gasteiger partial charge on any atom is -0.306 e. The Morgan fingerprint density at radius 3 is 2.88 bits per heavy atom. The van der Waals surface area contributed by atoms with Gasteiger partial charge in [-0.1, -0.05) is 11.6 Å². The van der Waals surface area contributed by atoms with Crippen LogP contribution in [-0.4, -0.2) is 26.0 Å². The first-order valence-electron chi connectivity index (χ1n) is 5.17. The zero-order valence-corrected chi connectivity index (χ0v) is 11.3. The molecule has 0 bridgehead atoms. The number of hydrogen-bond donors (Lipinski definition) is 1. The van der Waals surface area contributed by atoms with Crippen molar-refractivity contribution in [2.75, 3.05) is 11.5 Å². The number of sulfone groups is 1. The van der Waals surface area contributed by atoms with Crippen LogP contribution in [0.2, 0.25) is 4.34 Å². The summed E-state index contributed by atoms with van der Waals surface area (Å²) in [6, 6.07) is 2.16. The van der Waals surface area contributed by atoms with Crippen LogP contribution in [0.3, 0.4) is 0 Å². The van der Waals surface area contributed by atoms with E-state index in [4.69, 9.17) is 11.6 Å². The second-order valence-corrected chi connectivity index (χ2v) is 7.94. The Hall–Kier alpha value is -0.100. The number of rotatable bonds is 3. The fraction of sp³-hybridized carbons (Fsp3) is 0.600. The topological polar surface area (TPSA) is 46.2 Å². The molecule has 1 N–H and O–H groups in total.